The van der Waals surface area contributed by atoms with Crippen LogP contribution in [0.1, 0.15) is 48.8 Å². The van der Waals surface area contributed by atoms with Crippen LogP contribution in [0.15, 0.2) is 30.3 Å². The van der Waals surface area contributed by atoms with Crippen LogP contribution in [0.5, 0.6) is 5.75 Å². The Kier molecular flexibility index (Phi) is 4.68. The average Bonchev–Trinajstić information content (AvgIpc) is 2.65. The highest BCUT2D eigenvalue weighted by molar-refractivity contribution is 5.46. The smallest absolute Gasteiger partial charge is 0.222 e. The zero-order chi connectivity index (χ0) is 18.1. The fourth-order valence-electron chi connectivity index (χ4n) is 4.10. The monoisotopic (exact) mass is 354 g/mol. The number of rotatable bonds is 4. The van der Waals surface area contributed by atoms with Crippen molar-refractivity contribution in [1.82, 2.24) is 9.97 Å². The van der Waals surface area contributed by atoms with Gasteiger partial charge in [-0.25, -0.2) is 4.98 Å². The third-order valence-corrected chi connectivity index (χ3v) is 5.68. The van der Waals surface area contributed by atoms with Gasteiger partial charge < -0.3 is 20.5 Å². The van der Waals surface area contributed by atoms with E-state index >= 15 is 0 Å². The number of hydrogen-bond acceptors (Lipinski definition) is 6. The first-order valence-electron chi connectivity index (χ1n) is 9.34. The van der Waals surface area contributed by atoms with Crippen molar-refractivity contribution in [3.8, 4) is 5.75 Å². The molecule has 4 rings (SSSR count). The molecule has 1 saturated heterocycles. The predicted octanol–water partition coefficient (Wildman–Crippen LogP) is 2.69. The number of aliphatic hydroxyl groups excluding tert-OH is 1. The summed E-state index contributed by atoms with van der Waals surface area (Å²) in [5.74, 6) is 3.02. The fraction of sp³-hybridized carbons (Fsp3) is 0.500. The molecule has 0 amide bonds. The van der Waals surface area contributed by atoms with Crippen LogP contribution in [0, 0.1) is 0 Å². The molecule has 2 heterocycles. The molecule has 6 nitrogen and oxygen atoms in total. The van der Waals surface area contributed by atoms with E-state index in [2.05, 4.69) is 33.1 Å². The summed E-state index contributed by atoms with van der Waals surface area (Å²) in [6.07, 6.45) is 3.46. The summed E-state index contributed by atoms with van der Waals surface area (Å²) >= 11 is 0. The lowest BCUT2D eigenvalue weighted by atomic mass is 9.80. The lowest BCUT2D eigenvalue weighted by molar-refractivity contribution is 0.0732. The SMILES string of the molecule is COc1ccccc1C1CCN(c2cc(C3CC(O)C3)nc(N)n2)CC1. The lowest BCUT2D eigenvalue weighted by Crippen LogP contribution is -2.34. The van der Waals surface area contributed by atoms with Crippen LogP contribution >= 0.6 is 0 Å². The molecule has 0 radical (unpaired) electrons. The molecule has 1 aliphatic carbocycles. The Labute approximate surface area is 154 Å². The van der Waals surface area contributed by atoms with Crippen molar-refractivity contribution in [3.63, 3.8) is 0 Å². The van der Waals surface area contributed by atoms with Gasteiger partial charge in [0.1, 0.15) is 11.6 Å². The van der Waals surface area contributed by atoms with Gasteiger partial charge in [-0.2, -0.15) is 4.98 Å². The molecule has 2 aromatic rings. The van der Waals surface area contributed by atoms with Crippen molar-refractivity contribution in [3.05, 3.63) is 41.6 Å². The minimum Gasteiger partial charge on any atom is -0.496 e. The van der Waals surface area contributed by atoms with Crippen molar-refractivity contribution in [2.45, 2.75) is 43.6 Å². The van der Waals surface area contributed by atoms with Gasteiger partial charge in [0.15, 0.2) is 0 Å². The summed E-state index contributed by atoms with van der Waals surface area (Å²) in [7, 11) is 1.73. The molecule has 2 aliphatic rings. The number of para-hydroxylation sites is 1. The number of hydrogen-bond donors (Lipinski definition) is 2. The quantitative estimate of drug-likeness (QED) is 0.878. The number of ether oxygens (including phenoxy) is 1. The van der Waals surface area contributed by atoms with Gasteiger partial charge in [0.2, 0.25) is 5.95 Å². The number of nitrogens with two attached hydrogens (primary N) is 1. The van der Waals surface area contributed by atoms with E-state index in [1.807, 2.05) is 12.1 Å². The van der Waals surface area contributed by atoms with Gasteiger partial charge in [0.25, 0.3) is 0 Å². The standard InChI is InChI=1S/C20H26N4O2/c1-26-18-5-3-2-4-16(18)13-6-8-24(9-7-13)19-12-17(22-20(21)23-19)14-10-15(25)11-14/h2-5,12-15,25H,6-11H2,1H3,(H2,21,22,23). The Bertz CT molecular complexity index is 768. The van der Waals surface area contributed by atoms with E-state index in [-0.39, 0.29) is 6.10 Å². The Morgan fingerprint density at radius 3 is 2.54 bits per heavy atom. The second kappa shape index (κ2) is 7.11. The number of aliphatic hydroxyl groups is 1. The summed E-state index contributed by atoms with van der Waals surface area (Å²) < 4.78 is 5.52. The molecule has 0 unspecified atom stereocenters. The molecule has 1 saturated carbocycles. The van der Waals surface area contributed by atoms with Crippen LogP contribution in [-0.2, 0) is 0 Å². The largest absolute Gasteiger partial charge is 0.496 e. The maximum atomic E-state index is 9.55. The van der Waals surface area contributed by atoms with Crippen LogP contribution in [0.4, 0.5) is 11.8 Å². The summed E-state index contributed by atoms with van der Waals surface area (Å²) in [6.45, 7) is 1.87. The molecule has 3 N–H and O–H groups in total. The second-order valence-electron chi connectivity index (χ2n) is 7.33. The van der Waals surface area contributed by atoms with E-state index in [0.717, 1.165) is 56.0 Å². The number of anilines is 2. The highest BCUT2D eigenvalue weighted by atomic mass is 16.5. The summed E-state index contributed by atoms with van der Waals surface area (Å²) in [5.41, 5.74) is 8.20. The second-order valence-corrected chi connectivity index (χ2v) is 7.33. The summed E-state index contributed by atoms with van der Waals surface area (Å²) in [5, 5.41) is 9.55. The zero-order valence-corrected chi connectivity index (χ0v) is 15.1. The Morgan fingerprint density at radius 1 is 1.12 bits per heavy atom. The maximum Gasteiger partial charge on any atom is 0.222 e. The van der Waals surface area contributed by atoms with Crippen LogP contribution < -0.4 is 15.4 Å². The molecular weight excluding hydrogens is 328 g/mol. The summed E-state index contributed by atoms with van der Waals surface area (Å²) in [6, 6.07) is 10.3. The van der Waals surface area contributed by atoms with Crippen molar-refractivity contribution >= 4 is 11.8 Å². The van der Waals surface area contributed by atoms with Crippen LogP contribution in [-0.4, -0.2) is 41.4 Å². The molecule has 0 spiro atoms. The first-order chi connectivity index (χ1) is 12.6. The topological polar surface area (TPSA) is 84.5 Å². The van der Waals surface area contributed by atoms with Crippen molar-refractivity contribution in [2.75, 3.05) is 30.8 Å². The van der Waals surface area contributed by atoms with Gasteiger partial charge in [-0.15, -0.1) is 0 Å². The van der Waals surface area contributed by atoms with Crippen molar-refractivity contribution in [2.24, 2.45) is 0 Å². The Hall–Kier alpha value is -2.34. The van der Waals surface area contributed by atoms with E-state index in [1.165, 1.54) is 5.56 Å². The molecule has 1 aliphatic heterocycles. The fourth-order valence-corrected chi connectivity index (χ4v) is 4.10. The molecule has 138 valence electrons. The van der Waals surface area contributed by atoms with E-state index in [1.54, 1.807) is 7.11 Å². The number of aromatic nitrogens is 2. The number of nitrogen functional groups attached to an aromatic ring is 1. The van der Waals surface area contributed by atoms with E-state index in [9.17, 15) is 5.11 Å². The van der Waals surface area contributed by atoms with E-state index < -0.39 is 0 Å². The first-order valence-corrected chi connectivity index (χ1v) is 9.34. The Balaban J connectivity index is 1.46. The molecule has 0 bridgehead atoms. The van der Waals surface area contributed by atoms with Crippen LogP contribution in [0.25, 0.3) is 0 Å². The van der Waals surface area contributed by atoms with Crippen LogP contribution in [0.2, 0.25) is 0 Å². The number of methoxy groups -OCH3 is 1. The van der Waals surface area contributed by atoms with Crippen LogP contribution in [0.3, 0.4) is 0 Å². The van der Waals surface area contributed by atoms with Crippen molar-refractivity contribution < 1.29 is 9.84 Å². The van der Waals surface area contributed by atoms with Gasteiger partial charge in [-0.1, -0.05) is 18.2 Å². The predicted molar refractivity (Wildman–Crippen MR) is 102 cm³/mol. The third kappa shape index (κ3) is 3.33. The normalized spacial score (nSPS) is 23.5. The minimum absolute atomic E-state index is 0.198. The van der Waals surface area contributed by atoms with Gasteiger partial charge in [-0.05, 0) is 43.2 Å². The minimum atomic E-state index is -0.198. The van der Waals surface area contributed by atoms with Gasteiger partial charge in [0, 0.05) is 25.1 Å². The Morgan fingerprint density at radius 2 is 1.85 bits per heavy atom. The lowest BCUT2D eigenvalue weighted by Gasteiger charge is -2.35. The van der Waals surface area contributed by atoms with Gasteiger partial charge >= 0.3 is 0 Å². The maximum absolute atomic E-state index is 9.55. The number of piperidine rings is 1. The molecule has 26 heavy (non-hydrogen) atoms. The van der Waals surface area contributed by atoms with E-state index in [0.29, 0.717) is 17.8 Å². The van der Waals surface area contributed by atoms with Gasteiger partial charge in [0.05, 0.1) is 18.9 Å². The molecule has 2 fully saturated rings. The number of nitrogens with zero attached hydrogens (tertiary/aromatic N) is 3. The summed E-state index contributed by atoms with van der Waals surface area (Å²) in [4.78, 5) is 11.1. The molecule has 1 aromatic heterocycles. The molecule has 1 aromatic carbocycles. The number of benzene rings is 1. The average molecular weight is 354 g/mol. The zero-order valence-electron chi connectivity index (χ0n) is 15.1. The highest BCUT2D eigenvalue weighted by Crippen LogP contribution is 2.38. The van der Waals surface area contributed by atoms with Gasteiger partial charge in [-0.3, -0.25) is 0 Å². The molecular formula is C20H26N4O2. The molecule has 6 heteroatoms. The molecule has 0 atom stereocenters. The highest BCUT2D eigenvalue weighted by Gasteiger charge is 2.31. The van der Waals surface area contributed by atoms with E-state index in [4.69, 9.17) is 10.5 Å². The third-order valence-electron chi connectivity index (χ3n) is 5.68. The van der Waals surface area contributed by atoms with Crippen molar-refractivity contribution in [1.29, 1.82) is 0 Å². The first kappa shape index (κ1) is 17.1.